The van der Waals surface area contributed by atoms with Crippen molar-refractivity contribution in [2.75, 3.05) is 13.7 Å². The van der Waals surface area contributed by atoms with Gasteiger partial charge in [-0.1, -0.05) is 83.3 Å². The molecule has 3 nitrogen and oxygen atoms in total. The molecule has 24 heavy (non-hydrogen) atoms. The minimum Gasteiger partial charge on any atom is -0.479 e. The first-order valence-electron chi connectivity index (χ1n) is 10.1. The molecule has 2 atom stereocenters. The Morgan fingerprint density at radius 2 is 1.62 bits per heavy atom. The second-order valence-electron chi connectivity index (χ2n) is 6.98. The lowest BCUT2D eigenvalue weighted by molar-refractivity contribution is 0.107. The van der Waals surface area contributed by atoms with E-state index in [4.69, 9.17) is 9.47 Å². The molecule has 0 fully saturated rings. The topological polar surface area (TPSA) is 30.8 Å². The first kappa shape index (κ1) is 21.2. The molecular formula is C21H39NO2. The minimum absolute atomic E-state index is 0.0511. The third-order valence-corrected chi connectivity index (χ3v) is 4.76. The highest BCUT2D eigenvalue weighted by atomic mass is 16.5. The molecule has 3 heteroatoms. The maximum absolute atomic E-state index is 5.52. The van der Waals surface area contributed by atoms with Crippen molar-refractivity contribution in [3.63, 3.8) is 0 Å². The third-order valence-electron chi connectivity index (χ3n) is 4.76. The predicted octanol–water partition coefficient (Wildman–Crippen LogP) is 6.08. The van der Waals surface area contributed by atoms with Gasteiger partial charge in [-0.2, -0.15) is 0 Å². The number of rotatable bonds is 15. The molecule has 1 heterocycles. The largest absolute Gasteiger partial charge is 0.479 e. The van der Waals surface area contributed by atoms with Gasteiger partial charge in [0.05, 0.1) is 0 Å². The van der Waals surface area contributed by atoms with E-state index in [-0.39, 0.29) is 12.1 Å². The quantitative estimate of drug-likeness (QED) is 0.268. The highest BCUT2D eigenvalue weighted by Crippen LogP contribution is 2.14. The van der Waals surface area contributed by atoms with Gasteiger partial charge in [0.25, 0.3) is 0 Å². The zero-order valence-corrected chi connectivity index (χ0v) is 16.3. The first-order valence-corrected chi connectivity index (χ1v) is 10.1. The molecule has 1 aliphatic heterocycles. The van der Waals surface area contributed by atoms with Crippen LogP contribution in [0.4, 0.5) is 0 Å². The molecule has 0 aromatic carbocycles. The molecular weight excluding hydrogens is 298 g/mol. The van der Waals surface area contributed by atoms with Crippen molar-refractivity contribution in [2.24, 2.45) is 4.99 Å². The summed E-state index contributed by atoms with van der Waals surface area (Å²) in [6.07, 6.45) is 21.0. The van der Waals surface area contributed by atoms with Crippen LogP contribution in [0.2, 0.25) is 0 Å². The van der Waals surface area contributed by atoms with E-state index in [0.29, 0.717) is 6.61 Å². The van der Waals surface area contributed by atoms with Crippen molar-refractivity contribution in [2.45, 2.75) is 103 Å². The Hall–Kier alpha value is -0.830. The van der Waals surface area contributed by atoms with E-state index in [1.54, 1.807) is 7.11 Å². The summed E-state index contributed by atoms with van der Waals surface area (Å²) >= 11 is 0. The average molecular weight is 338 g/mol. The summed E-state index contributed by atoms with van der Waals surface area (Å²) in [6, 6.07) is 0.128. The number of unbranched alkanes of at least 4 members (excludes halogenated alkanes) is 11. The molecule has 1 rings (SSSR count). The van der Waals surface area contributed by atoms with Crippen LogP contribution in [0.1, 0.15) is 90.9 Å². The van der Waals surface area contributed by atoms with Crippen LogP contribution in [-0.4, -0.2) is 31.8 Å². The smallest absolute Gasteiger partial charge is 0.180 e. The van der Waals surface area contributed by atoms with Gasteiger partial charge in [-0.05, 0) is 12.8 Å². The Balaban J connectivity index is 1.92. The zero-order chi connectivity index (χ0) is 17.5. The van der Waals surface area contributed by atoms with Crippen LogP contribution in [0, 0.1) is 0 Å². The number of methoxy groups -OCH3 is 1. The van der Waals surface area contributed by atoms with Gasteiger partial charge in [-0.3, -0.25) is 0 Å². The van der Waals surface area contributed by atoms with Gasteiger partial charge in [0.15, 0.2) is 5.90 Å². The van der Waals surface area contributed by atoms with Crippen molar-refractivity contribution in [3.8, 4) is 0 Å². The van der Waals surface area contributed by atoms with Crippen LogP contribution in [0.25, 0.3) is 0 Å². The molecule has 0 radical (unpaired) electrons. The van der Waals surface area contributed by atoms with E-state index in [1.807, 2.05) is 6.92 Å². The maximum atomic E-state index is 5.52. The number of nitrogens with zero attached hydrogens (tertiary/aromatic N) is 1. The van der Waals surface area contributed by atoms with Gasteiger partial charge in [0.2, 0.25) is 0 Å². The van der Waals surface area contributed by atoms with E-state index >= 15 is 0 Å². The maximum Gasteiger partial charge on any atom is 0.180 e. The van der Waals surface area contributed by atoms with E-state index in [2.05, 4.69) is 24.1 Å². The van der Waals surface area contributed by atoms with E-state index in [9.17, 15) is 0 Å². The lowest BCUT2D eigenvalue weighted by Crippen LogP contribution is -2.25. The molecule has 0 aromatic heterocycles. The summed E-state index contributed by atoms with van der Waals surface area (Å²) in [5.74, 6) is 0.779. The number of hydrogen-bond donors (Lipinski definition) is 0. The highest BCUT2D eigenvalue weighted by molar-refractivity contribution is 5.74. The monoisotopic (exact) mass is 337 g/mol. The first-order chi connectivity index (χ1) is 11.8. The highest BCUT2D eigenvalue weighted by Gasteiger charge is 2.23. The van der Waals surface area contributed by atoms with Crippen LogP contribution in [0.15, 0.2) is 17.1 Å². The van der Waals surface area contributed by atoms with Crippen LogP contribution in [0.3, 0.4) is 0 Å². The van der Waals surface area contributed by atoms with E-state index in [1.165, 1.54) is 70.6 Å². The second-order valence-corrected chi connectivity index (χ2v) is 6.98. The molecule has 0 amide bonds. The van der Waals surface area contributed by atoms with Gasteiger partial charge in [-0.15, -0.1) is 0 Å². The van der Waals surface area contributed by atoms with Gasteiger partial charge < -0.3 is 9.47 Å². The predicted molar refractivity (Wildman–Crippen MR) is 104 cm³/mol. The molecule has 0 saturated heterocycles. The van der Waals surface area contributed by atoms with Crippen LogP contribution in [-0.2, 0) is 9.47 Å². The van der Waals surface area contributed by atoms with Gasteiger partial charge >= 0.3 is 0 Å². The molecule has 140 valence electrons. The standard InChI is InChI=1S/C21H39NO2/c1-4-5-6-7-8-9-10-11-12-13-14-15-16-17-21(23-3)20-18-24-19(2)22-20/h16-17,20-21H,4-15,18H2,1-3H3/b17-16+/t20?,21-/m0/s1. The van der Waals surface area contributed by atoms with Crippen LogP contribution >= 0.6 is 0 Å². The van der Waals surface area contributed by atoms with Gasteiger partial charge in [0, 0.05) is 14.0 Å². The molecule has 0 saturated carbocycles. The fourth-order valence-electron chi connectivity index (χ4n) is 3.20. The van der Waals surface area contributed by atoms with Crippen LogP contribution < -0.4 is 0 Å². The number of ether oxygens (including phenoxy) is 2. The third kappa shape index (κ3) is 10.1. The molecule has 1 unspecified atom stereocenters. The summed E-state index contributed by atoms with van der Waals surface area (Å²) in [6.45, 7) is 4.83. The van der Waals surface area contributed by atoms with Crippen molar-refractivity contribution < 1.29 is 9.47 Å². The summed E-state index contributed by atoms with van der Waals surface area (Å²) in [4.78, 5) is 4.46. The molecule has 0 N–H and O–H groups in total. The molecule has 0 spiro atoms. The van der Waals surface area contributed by atoms with E-state index in [0.717, 1.165) is 12.3 Å². The fourth-order valence-corrected chi connectivity index (χ4v) is 3.20. The van der Waals surface area contributed by atoms with Crippen molar-refractivity contribution in [3.05, 3.63) is 12.2 Å². The minimum atomic E-state index is 0.0511. The number of aliphatic imine (C=N–C) groups is 1. The van der Waals surface area contributed by atoms with E-state index < -0.39 is 0 Å². The fraction of sp³-hybridized carbons (Fsp3) is 0.857. The Morgan fingerprint density at radius 1 is 1.04 bits per heavy atom. The Labute approximate surface area is 149 Å². The molecule has 0 aromatic rings. The van der Waals surface area contributed by atoms with Crippen LogP contribution in [0.5, 0.6) is 0 Å². The normalized spacial score (nSPS) is 18.8. The number of hydrogen-bond acceptors (Lipinski definition) is 3. The van der Waals surface area contributed by atoms with Gasteiger partial charge in [0.1, 0.15) is 18.8 Å². The molecule has 0 bridgehead atoms. The summed E-state index contributed by atoms with van der Waals surface area (Å²) in [7, 11) is 1.75. The van der Waals surface area contributed by atoms with Gasteiger partial charge in [-0.25, -0.2) is 4.99 Å². The van der Waals surface area contributed by atoms with Crippen molar-refractivity contribution in [1.82, 2.24) is 0 Å². The summed E-state index contributed by atoms with van der Waals surface area (Å²) < 4.78 is 10.9. The lowest BCUT2D eigenvalue weighted by atomic mass is 10.0. The van der Waals surface area contributed by atoms with Crippen molar-refractivity contribution >= 4 is 5.90 Å². The lowest BCUT2D eigenvalue weighted by Gasteiger charge is -2.14. The SMILES string of the molecule is CCCCCCCCCCCCC/C=C/[C@H](OC)C1COC(C)=N1. The summed E-state index contributed by atoms with van der Waals surface area (Å²) in [5, 5.41) is 0. The Morgan fingerprint density at radius 3 is 2.12 bits per heavy atom. The Kier molecular flexibility index (Phi) is 12.8. The second kappa shape index (κ2) is 14.5. The number of allylic oxidation sites excluding steroid dienone is 1. The molecule has 0 aliphatic carbocycles. The molecule has 1 aliphatic rings. The zero-order valence-electron chi connectivity index (χ0n) is 16.3. The average Bonchev–Trinajstić information content (AvgIpc) is 3.01. The summed E-state index contributed by atoms with van der Waals surface area (Å²) in [5.41, 5.74) is 0. The Bertz CT molecular complexity index is 352. The van der Waals surface area contributed by atoms with Crippen molar-refractivity contribution in [1.29, 1.82) is 0 Å².